The maximum Gasteiger partial charge on any atom is 0.139 e. The minimum Gasteiger partial charge on any atom is -0.394 e. The third kappa shape index (κ3) is 2.92. The van der Waals surface area contributed by atoms with E-state index in [2.05, 4.69) is 10.0 Å². The summed E-state index contributed by atoms with van der Waals surface area (Å²) in [5.74, 6) is 0. The largest absolute Gasteiger partial charge is 0.394 e. The summed E-state index contributed by atoms with van der Waals surface area (Å²) in [6.07, 6.45) is 2.43. The molecule has 1 rings (SSSR count). The number of aliphatic hydroxyl groups is 1. The van der Waals surface area contributed by atoms with Crippen molar-refractivity contribution in [3.05, 3.63) is 10.4 Å². The molecule has 1 fully saturated rings. The molecule has 1 aliphatic rings. The van der Waals surface area contributed by atoms with Gasteiger partial charge in [-0.25, -0.2) is 0 Å². The lowest BCUT2D eigenvalue weighted by Gasteiger charge is -2.20. The van der Waals surface area contributed by atoms with E-state index in [1.807, 2.05) is 7.85 Å². The van der Waals surface area contributed by atoms with Gasteiger partial charge in [0.2, 0.25) is 0 Å². The van der Waals surface area contributed by atoms with Gasteiger partial charge >= 0.3 is 0 Å². The molecule has 0 aromatic heterocycles. The Balaban J connectivity index is 2.63. The first-order valence-electron chi connectivity index (χ1n) is 4.58. The number of azide groups is 1. The third-order valence-electron chi connectivity index (χ3n) is 2.33. The molecule has 2 unspecified atom stereocenters. The van der Waals surface area contributed by atoms with Gasteiger partial charge in [0.1, 0.15) is 7.85 Å². The Morgan fingerprint density at radius 3 is 3.00 bits per heavy atom. The highest BCUT2D eigenvalue weighted by Gasteiger charge is 2.25. The molecule has 0 saturated carbocycles. The zero-order valence-corrected chi connectivity index (χ0v) is 7.76. The van der Waals surface area contributed by atoms with E-state index >= 15 is 0 Å². The molecule has 0 aromatic rings. The summed E-state index contributed by atoms with van der Waals surface area (Å²) in [7, 11) is 1.97. The predicted molar refractivity (Wildman–Crippen MR) is 51.1 cm³/mol. The number of rotatable bonds is 2. The first-order chi connectivity index (χ1) is 6.27. The van der Waals surface area contributed by atoms with Crippen LogP contribution >= 0.6 is 0 Å². The normalized spacial score (nSPS) is 34.7. The second kappa shape index (κ2) is 5.12. The maximum absolute atomic E-state index is 9.02. The van der Waals surface area contributed by atoms with Crippen LogP contribution in [0.4, 0.5) is 0 Å². The van der Waals surface area contributed by atoms with Crippen LogP contribution < -0.4 is 0 Å². The van der Waals surface area contributed by atoms with Gasteiger partial charge in [-0.3, -0.25) is 0 Å². The third-order valence-corrected chi connectivity index (χ3v) is 2.33. The highest BCUT2D eigenvalue weighted by atomic mass is 16.5. The molecular formula is C7H14BN3O2. The van der Waals surface area contributed by atoms with Gasteiger partial charge in [0, 0.05) is 10.9 Å². The fourth-order valence-corrected chi connectivity index (χ4v) is 1.62. The van der Waals surface area contributed by atoms with Crippen LogP contribution in [0.1, 0.15) is 19.3 Å². The van der Waals surface area contributed by atoms with E-state index in [1.54, 1.807) is 0 Å². The van der Waals surface area contributed by atoms with Crippen LogP contribution in [0.5, 0.6) is 0 Å². The Morgan fingerprint density at radius 2 is 2.38 bits per heavy atom. The van der Waals surface area contributed by atoms with Crippen molar-refractivity contribution in [2.75, 3.05) is 6.61 Å². The highest BCUT2D eigenvalue weighted by molar-refractivity contribution is 6.11. The predicted octanol–water partition coefficient (Wildman–Crippen LogP) is 0.186. The van der Waals surface area contributed by atoms with Crippen molar-refractivity contribution in [1.82, 2.24) is 0 Å². The van der Waals surface area contributed by atoms with Crippen LogP contribution in [-0.2, 0) is 4.74 Å². The molecular weight excluding hydrogens is 169 g/mol. The molecule has 1 N–H and O–H groups in total. The molecule has 0 aliphatic carbocycles. The highest BCUT2D eigenvalue weighted by Crippen LogP contribution is 2.19. The number of nitrogens with zero attached hydrogens (tertiary/aromatic N) is 3. The zero-order chi connectivity index (χ0) is 9.68. The number of aliphatic hydroxyl groups excluding tert-OH is 1. The van der Waals surface area contributed by atoms with Crippen LogP contribution in [0.3, 0.4) is 0 Å². The number of hydrogen-bond donors (Lipinski definition) is 1. The molecule has 6 heteroatoms. The van der Waals surface area contributed by atoms with Crippen molar-refractivity contribution in [2.24, 2.45) is 5.11 Å². The summed E-state index contributed by atoms with van der Waals surface area (Å²) < 4.78 is 5.51. The summed E-state index contributed by atoms with van der Waals surface area (Å²) in [6.45, 7) is -0.0754. The van der Waals surface area contributed by atoms with Gasteiger partial charge in [-0.2, -0.15) is 0 Å². The molecule has 0 aromatic carbocycles. The summed E-state index contributed by atoms with van der Waals surface area (Å²) in [6, 6.07) is -0.0593. The SMILES string of the molecule is BC1CCC[C@@H](N=[N+]=[N-])C(CO)O1. The smallest absolute Gasteiger partial charge is 0.139 e. The van der Waals surface area contributed by atoms with Gasteiger partial charge in [-0.15, -0.1) is 0 Å². The first-order valence-corrected chi connectivity index (χ1v) is 4.58. The van der Waals surface area contributed by atoms with E-state index in [-0.39, 0.29) is 24.8 Å². The molecule has 0 bridgehead atoms. The maximum atomic E-state index is 9.02. The van der Waals surface area contributed by atoms with E-state index in [4.69, 9.17) is 15.4 Å². The molecule has 1 saturated heterocycles. The van der Waals surface area contributed by atoms with Crippen molar-refractivity contribution in [2.45, 2.75) is 37.4 Å². The van der Waals surface area contributed by atoms with Gasteiger partial charge in [0.15, 0.2) is 0 Å². The zero-order valence-electron chi connectivity index (χ0n) is 7.76. The van der Waals surface area contributed by atoms with E-state index in [1.165, 1.54) is 0 Å². The second-order valence-electron chi connectivity index (χ2n) is 3.37. The second-order valence-corrected chi connectivity index (χ2v) is 3.37. The van der Waals surface area contributed by atoms with Gasteiger partial charge in [0.25, 0.3) is 0 Å². The van der Waals surface area contributed by atoms with Crippen LogP contribution in [0.15, 0.2) is 5.11 Å². The van der Waals surface area contributed by atoms with E-state index in [9.17, 15) is 0 Å². The molecule has 13 heavy (non-hydrogen) atoms. The van der Waals surface area contributed by atoms with Gasteiger partial charge in [-0.1, -0.05) is 11.5 Å². The lowest BCUT2D eigenvalue weighted by atomic mass is 9.95. The monoisotopic (exact) mass is 183 g/mol. The first kappa shape index (κ1) is 10.4. The quantitative estimate of drug-likeness (QED) is 0.287. The summed E-state index contributed by atoms with van der Waals surface area (Å²) in [5.41, 5.74) is 8.31. The van der Waals surface area contributed by atoms with Crippen LogP contribution in [0.25, 0.3) is 10.4 Å². The van der Waals surface area contributed by atoms with Crippen molar-refractivity contribution in [1.29, 1.82) is 0 Å². The minimum atomic E-state index is -0.326. The van der Waals surface area contributed by atoms with Gasteiger partial charge in [-0.05, 0) is 18.4 Å². The van der Waals surface area contributed by atoms with Crippen LogP contribution in [0.2, 0.25) is 0 Å². The van der Waals surface area contributed by atoms with E-state index in [0.717, 1.165) is 19.3 Å². The van der Waals surface area contributed by atoms with Crippen molar-refractivity contribution in [3.63, 3.8) is 0 Å². The fourth-order valence-electron chi connectivity index (χ4n) is 1.62. The summed E-state index contributed by atoms with van der Waals surface area (Å²) in [4.78, 5) is 2.76. The van der Waals surface area contributed by atoms with Crippen molar-refractivity contribution >= 4 is 7.85 Å². The Labute approximate surface area is 78.1 Å². The molecule has 1 aliphatic heterocycles. The van der Waals surface area contributed by atoms with Crippen molar-refractivity contribution < 1.29 is 9.84 Å². The average molecular weight is 183 g/mol. The average Bonchev–Trinajstić information content (AvgIpc) is 2.29. The number of ether oxygens (including phenoxy) is 1. The summed E-state index contributed by atoms with van der Waals surface area (Å²) >= 11 is 0. The molecule has 0 radical (unpaired) electrons. The van der Waals surface area contributed by atoms with Crippen molar-refractivity contribution in [3.8, 4) is 0 Å². The molecule has 1 heterocycles. The molecule has 3 atom stereocenters. The van der Waals surface area contributed by atoms with Crippen LogP contribution in [-0.4, -0.2) is 37.7 Å². The molecule has 5 nitrogen and oxygen atoms in total. The lowest BCUT2D eigenvalue weighted by Crippen LogP contribution is -2.32. The topological polar surface area (TPSA) is 78.2 Å². The Morgan fingerprint density at radius 1 is 1.62 bits per heavy atom. The van der Waals surface area contributed by atoms with E-state index < -0.39 is 0 Å². The number of hydrogen-bond acceptors (Lipinski definition) is 3. The van der Waals surface area contributed by atoms with Crippen LogP contribution in [0, 0.1) is 0 Å². The summed E-state index contributed by atoms with van der Waals surface area (Å²) in [5, 5.41) is 12.6. The molecule has 0 amide bonds. The molecule has 0 spiro atoms. The Bertz CT molecular complexity index is 208. The molecule has 72 valence electrons. The Hall–Kier alpha value is -0.705. The van der Waals surface area contributed by atoms with Gasteiger partial charge in [0.05, 0.1) is 18.8 Å². The standard InChI is InChI=1S/C7H14BN3O2/c8-7-3-1-2-5(10-11-9)6(4-12)13-7/h5-7,12H,1-4,8H2/t5-,6?,7?/m1/s1. The van der Waals surface area contributed by atoms with E-state index in [0.29, 0.717) is 0 Å². The fraction of sp³-hybridized carbons (Fsp3) is 1.00. The minimum absolute atomic E-state index is 0.0754. The lowest BCUT2D eigenvalue weighted by molar-refractivity contribution is -0.0101. The van der Waals surface area contributed by atoms with Gasteiger partial charge < -0.3 is 9.84 Å². The Kier molecular flexibility index (Phi) is 4.08.